The summed E-state index contributed by atoms with van der Waals surface area (Å²) in [6.45, 7) is 0.771. The molecule has 3 nitrogen and oxygen atoms in total. The Morgan fingerprint density at radius 1 is 1.12 bits per heavy atom. The third kappa shape index (κ3) is 2.94. The monoisotopic (exact) mass is 337 g/mol. The van der Waals surface area contributed by atoms with Gasteiger partial charge in [0.1, 0.15) is 5.75 Å². The number of aromatic amines is 1. The average molecular weight is 337 g/mol. The van der Waals surface area contributed by atoms with Crippen molar-refractivity contribution in [2.24, 2.45) is 5.92 Å². The Balaban J connectivity index is 1.88. The Bertz CT molecular complexity index is 944. The van der Waals surface area contributed by atoms with Crippen LogP contribution in [0.1, 0.15) is 12.8 Å². The van der Waals surface area contributed by atoms with E-state index >= 15 is 0 Å². The van der Waals surface area contributed by atoms with Crippen molar-refractivity contribution < 1.29 is 4.74 Å². The van der Waals surface area contributed by atoms with Crippen molar-refractivity contribution >= 4 is 22.5 Å². The molecule has 122 valence electrons. The number of ether oxygens (including phenoxy) is 1. The average Bonchev–Trinajstić information content (AvgIpc) is 3.45. The molecule has 0 aliphatic heterocycles. The molecule has 0 spiro atoms. The summed E-state index contributed by atoms with van der Waals surface area (Å²) in [6, 6.07) is 14.0. The zero-order valence-electron chi connectivity index (χ0n) is 13.5. The third-order valence-electron chi connectivity index (χ3n) is 4.46. The van der Waals surface area contributed by atoms with Gasteiger partial charge in [-0.15, -0.1) is 11.8 Å². The van der Waals surface area contributed by atoms with Crippen molar-refractivity contribution in [1.29, 1.82) is 0 Å². The van der Waals surface area contributed by atoms with E-state index in [1.807, 2.05) is 30.3 Å². The molecule has 4 heteroatoms. The van der Waals surface area contributed by atoms with Crippen LogP contribution in [0.15, 0.2) is 58.4 Å². The van der Waals surface area contributed by atoms with Gasteiger partial charge in [0, 0.05) is 27.6 Å². The second-order valence-corrected chi connectivity index (χ2v) is 7.07. The van der Waals surface area contributed by atoms with Crippen molar-refractivity contribution in [1.82, 2.24) is 4.98 Å². The topological polar surface area (TPSA) is 42.1 Å². The largest absolute Gasteiger partial charge is 0.493 e. The molecule has 0 amide bonds. The van der Waals surface area contributed by atoms with Crippen LogP contribution in [0.5, 0.6) is 5.75 Å². The number of thioether (sulfide) groups is 1. The van der Waals surface area contributed by atoms with Gasteiger partial charge in [0.05, 0.1) is 6.61 Å². The minimum atomic E-state index is -0.0594. The molecule has 24 heavy (non-hydrogen) atoms. The summed E-state index contributed by atoms with van der Waals surface area (Å²) in [6.07, 6.45) is 6.39. The molecule has 1 saturated carbocycles. The zero-order chi connectivity index (χ0) is 16.5. The van der Waals surface area contributed by atoms with Crippen LogP contribution < -0.4 is 10.3 Å². The van der Waals surface area contributed by atoms with Crippen LogP contribution in [-0.4, -0.2) is 17.8 Å². The summed E-state index contributed by atoms with van der Waals surface area (Å²) in [7, 11) is 0. The third-order valence-corrected chi connectivity index (χ3v) is 5.18. The van der Waals surface area contributed by atoms with Crippen LogP contribution in [0.3, 0.4) is 0 Å². The highest BCUT2D eigenvalue weighted by Crippen LogP contribution is 2.38. The summed E-state index contributed by atoms with van der Waals surface area (Å²) < 4.78 is 6.09. The van der Waals surface area contributed by atoms with Crippen LogP contribution in [0.25, 0.3) is 21.9 Å². The molecule has 1 heterocycles. The van der Waals surface area contributed by atoms with E-state index in [1.54, 1.807) is 18.0 Å². The Morgan fingerprint density at radius 3 is 2.67 bits per heavy atom. The van der Waals surface area contributed by atoms with E-state index in [0.29, 0.717) is 11.3 Å². The van der Waals surface area contributed by atoms with Crippen molar-refractivity contribution in [2.75, 3.05) is 12.9 Å². The molecule has 0 bridgehead atoms. The molecule has 3 aromatic rings. The van der Waals surface area contributed by atoms with E-state index in [0.717, 1.165) is 28.9 Å². The predicted octanol–water partition coefficient (Wildman–Crippen LogP) is 4.71. The van der Waals surface area contributed by atoms with Gasteiger partial charge in [-0.25, -0.2) is 0 Å². The predicted molar refractivity (Wildman–Crippen MR) is 100 cm³/mol. The standard InChI is InChI=1S/C20H19NO2S/c1-24-14-8-9-19(23-12-13-6-7-13)17(10-14)18-11-21-20(22)16-5-3-2-4-15(16)18/h2-5,8-11,13H,6-7,12H2,1H3,(H,21,22). The molecule has 0 saturated heterocycles. The van der Waals surface area contributed by atoms with Gasteiger partial charge < -0.3 is 9.72 Å². The van der Waals surface area contributed by atoms with Crippen LogP contribution in [0.2, 0.25) is 0 Å². The molecule has 2 aromatic carbocycles. The van der Waals surface area contributed by atoms with Crippen molar-refractivity contribution in [2.45, 2.75) is 17.7 Å². The highest BCUT2D eigenvalue weighted by atomic mass is 32.2. The second kappa shape index (κ2) is 6.36. The van der Waals surface area contributed by atoms with Gasteiger partial charge in [-0.05, 0) is 54.7 Å². The molecule has 1 N–H and O–H groups in total. The normalized spacial score (nSPS) is 14.0. The fraction of sp³-hybridized carbons (Fsp3) is 0.250. The Hall–Kier alpha value is -2.20. The SMILES string of the molecule is CSc1ccc(OCC2CC2)c(-c2c[nH]c(=O)c3ccccc23)c1. The smallest absolute Gasteiger partial charge is 0.255 e. The molecule has 0 radical (unpaired) electrons. The lowest BCUT2D eigenvalue weighted by Gasteiger charge is -2.14. The maximum Gasteiger partial charge on any atom is 0.255 e. The van der Waals surface area contributed by atoms with E-state index in [9.17, 15) is 4.79 Å². The number of aromatic nitrogens is 1. The molecule has 4 rings (SSSR count). The first-order valence-electron chi connectivity index (χ1n) is 8.18. The molecule has 1 aliphatic rings. The summed E-state index contributed by atoms with van der Waals surface area (Å²) in [5.74, 6) is 1.59. The van der Waals surface area contributed by atoms with Crippen LogP contribution >= 0.6 is 11.8 Å². The van der Waals surface area contributed by atoms with Gasteiger partial charge in [0.2, 0.25) is 0 Å². The first-order chi connectivity index (χ1) is 11.8. The highest BCUT2D eigenvalue weighted by molar-refractivity contribution is 7.98. The lowest BCUT2D eigenvalue weighted by atomic mass is 10.00. The van der Waals surface area contributed by atoms with Gasteiger partial charge >= 0.3 is 0 Å². The van der Waals surface area contributed by atoms with Crippen LogP contribution in [0.4, 0.5) is 0 Å². The van der Waals surface area contributed by atoms with Crippen molar-refractivity contribution in [3.8, 4) is 16.9 Å². The maximum absolute atomic E-state index is 12.1. The number of benzene rings is 2. The van der Waals surface area contributed by atoms with Crippen LogP contribution in [-0.2, 0) is 0 Å². The summed E-state index contributed by atoms with van der Waals surface area (Å²) in [5.41, 5.74) is 1.98. The molecular formula is C20H19NO2S. The van der Waals surface area contributed by atoms with Gasteiger partial charge in [0.25, 0.3) is 5.56 Å². The number of fused-ring (bicyclic) bond motifs is 1. The first kappa shape index (κ1) is 15.3. The highest BCUT2D eigenvalue weighted by Gasteiger charge is 2.23. The van der Waals surface area contributed by atoms with Crippen LogP contribution in [0, 0.1) is 5.92 Å². The molecule has 0 atom stereocenters. The fourth-order valence-electron chi connectivity index (χ4n) is 2.90. The van der Waals surface area contributed by atoms with Gasteiger partial charge in [-0.1, -0.05) is 18.2 Å². The summed E-state index contributed by atoms with van der Waals surface area (Å²) in [4.78, 5) is 16.1. The van der Waals surface area contributed by atoms with Crippen molar-refractivity contribution in [3.63, 3.8) is 0 Å². The number of rotatable bonds is 5. The Morgan fingerprint density at radius 2 is 1.92 bits per heavy atom. The fourth-order valence-corrected chi connectivity index (χ4v) is 3.34. The van der Waals surface area contributed by atoms with E-state index in [1.165, 1.54) is 17.7 Å². The van der Waals surface area contributed by atoms with Gasteiger partial charge in [-0.3, -0.25) is 4.79 Å². The molecule has 1 aliphatic carbocycles. The number of nitrogens with one attached hydrogen (secondary N) is 1. The Kier molecular flexibility index (Phi) is 4.07. The number of H-pyrrole nitrogens is 1. The minimum Gasteiger partial charge on any atom is -0.493 e. The van der Waals surface area contributed by atoms with Gasteiger partial charge in [0.15, 0.2) is 0 Å². The molecule has 0 unspecified atom stereocenters. The number of hydrogen-bond donors (Lipinski definition) is 1. The van der Waals surface area contributed by atoms with Crippen molar-refractivity contribution in [3.05, 3.63) is 59.0 Å². The number of pyridine rings is 1. The molecule has 1 fully saturated rings. The summed E-state index contributed by atoms with van der Waals surface area (Å²) in [5, 5.41) is 1.66. The van der Waals surface area contributed by atoms with E-state index in [2.05, 4.69) is 23.4 Å². The van der Waals surface area contributed by atoms with E-state index < -0.39 is 0 Å². The minimum absolute atomic E-state index is 0.0594. The first-order valence-corrected chi connectivity index (χ1v) is 9.40. The quantitative estimate of drug-likeness (QED) is 0.686. The second-order valence-electron chi connectivity index (χ2n) is 6.19. The maximum atomic E-state index is 12.1. The number of hydrogen-bond acceptors (Lipinski definition) is 3. The molecular weight excluding hydrogens is 318 g/mol. The zero-order valence-corrected chi connectivity index (χ0v) is 14.4. The van der Waals surface area contributed by atoms with Gasteiger partial charge in [-0.2, -0.15) is 0 Å². The summed E-state index contributed by atoms with van der Waals surface area (Å²) >= 11 is 1.70. The van der Waals surface area contributed by atoms with E-state index in [4.69, 9.17) is 4.74 Å². The van der Waals surface area contributed by atoms with E-state index in [-0.39, 0.29) is 5.56 Å². The lowest BCUT2D eigenvalue weighted by molar-refractivity contribution is 0.301. The lowest BCUT2D eigenvalue weighted by Crippen LogP contribution is -2.06. The molecule has 1 aromatic heterocycles. The Labute approximate surface area is 145 Å².